The maximum atomic E-state index is 11.5. The van der Waals surface area contributed by atoms with Gasteiger partial charge in [-0.05, 0) is 43.0 Å². The van der Waals surface area contributed by atoms with Gasteiger partial charge in [-0.1, -0.05) is 19.8 Å². The molecule has 2 rings (SSSR count). The Morgan fingerprint density at radius 2 is 2.00 bits per heavy atom. The average Bonchev–Trinajstić information content (AvgIpc) is 2.38. The summed E-state index contributed by atoms with van der Waals surface area (Å²) in [6, 6.07) is 6.94. The number of alkyl halides is 1. The molecule has 1 aliphatic rings. The zero-order chi connectivity index (χ0) is 14.8. The molecule has 0 spiro atoms. The lowest BCUT2D eigenvalue weighted by atomic mass is 9.77. The highest BCUT2D eigenvalue weighted by Gasteiger charge is 2.34. The fourth-order valence-electron chi connectivity index (χ4n) is 3.02. The van der Waals surface area contributed by atoms with E-state index < -0.39 is 9.84 Å². The summed E-state index contributed by atoms with van der Waals surface area (Å²) in [5.41, 5.74) is 0.874. The van der Waals surface area contributed by atoms with Gasteiger partial charge in [0.15, 0.2) is 9.84 Å². The van der Waals surface area contributed by atoms with Crippen LogP contribution in [-0.2, 0) is 9.84 Å². The van der Waals surface area contributed by atoms with Gasteiger partial charge in [0.2, 0.25) is 0 Å². The highest BCUT2D eigenvalue weighted by molar-refractivity contribution is 7.90. The van der Waals surface area contributed by atoms with Crippen LogP contribution in [0.3, 0.4) is 0 Å². The van der Waals surface area contributed by atoms with Crippen molar-refractivity contribution < 1.29 is 8.42 Å². The average molecular weight is 316 g/mol. The summed E-state index contributed by atoms with van der Waals surface area (Å²) in [6.07, 6.45) is 5.78. The lowest BCUT2D eigenvalue weighted by molar-refractivity contribution is 0.279. The van der Waals surface area contributed by atoms with E-state index in [4.69, 9.17) is 11.6 Å². The van der Waals surface area contributed by atoms with Gasteiger partial charge in [0.05, 0.1) is 10.4 Å². The molecule has 0 radical (unpaired) electrons. The highest BCUT2D eigenvalue weighted by atomic mass is 35.5. The van der Waals surface area contributed by atoms with Crippen LogP contribution in [0.25, 0.3) is 0 Å². The number of anilines is 1. The van der Waals surface area contributed by atoms with E-state index in [1.54, 1.807) is 12.1 Å². The first-order valence-corrected chi connectivity index (χ1v) is 9.41. The van der Waals surface area contributed by atoms with Crippen LogP contribution in [0.1, 0.15) is 32.6 Å². The van der Waals surface area contributed by atoms with E-state index in [1.807, 2.05) is 12.1 Å². The van der Waals surface area contributed by atoms with E-state index >= 15 is 0 Å². The number of nitrogens with one attached hydrogen (secondary N) is 1. The molecule has 0 saturated heterocycles. The molecule has 0 amide bonds. The first-order chi connectivity index (χ1) is 9.35. The number of hydrogen-bond acceptors (Lipinski definition) is 3. The van der Waals surface area contributed by atoms with Gasteiger partial charge in [-0.25, -0.2) is 8.42 Å². The van der Waals surface area contributed by atoms with Gasteiger partial charge in [0, 0.05) is 17.8 Å². The van der Waals surface area contributed by atoms with Crippen molar-refractivity contribution in [3.63, 3.8) is 0 Å². The Labute approximate surface area is 126 Å². The third kappa shape index (κ3) is 3.67. The fourth-order valence-corrected chi connectivity index (χ4v) is 3.96. The van der Waals surface area contributed by atoms with Crippen LogP contribution in [0.15, 0.2) is 29.2 Å². The summed E-state index contributed by atoms with van der Waals surface area (Å²) in [5, 5.41) is 3.53. The molecule has 1 aromatic rings. The summed E-state index contributed by atoms with van der Waals surface area (Å²) in [4.78, 5) is 0.347. The van der Waals surface area contributed by atoms with E-state index in [1.165, 1.54) is 19.1 Å². The summed E-state index contributed by atoms with van der Waals surface area (Å²) in [7, 11) is -3.14. The molecular weight excluding hydrogens is 294 g/mol. The quantitative estimate of drug-likeness (QED) is 0.862. The topological polar surface area (TPSA) is 46.2 Å². The number of halogens is 1. The van der Waals surface area contributed by atoms with Crippen LogP contribution in [0.2, 0.25) is 0 Å². The van der Waals surface area contributed by atoms with Crippen molar-refractivity contribution in [1.29, 1.82) is 0 Å². The van der Waals surface area contributed by atoms with E-state index in [0.29, 0.717) is 16.7 Å². The largest absolute Gasteiger partial charge is 0.378 e. The molecule has 1 aliphatic carbocycles. The molecule has 1 aromatic carbocycles. The van der Waals surface area contributed by atoms with E-state index in [-0.39, 0.29) is 5.54 Å². The van der Waals surface area contributed by atoms with Crippen LogP contribution >= 0.6 is 11.6 Å². The molecule has 0 aliphatic heterocycles. The van der Waals surface area contributed by atoms with Crippen LogP contribution < -0.4 is 5.32 Å². The van der Waals surface area contributed by atoms with Gasteiger partial charge >= 0.3 is 0 Å². The molecule has 0 heterocycles. The van der Waals surface area contributed by atoms with Crippen molar-refractivity contribution in [2.45, 2.75) is 43.0 Å². The molecule has 112 valence electrons. The van der Waals surface area contributed by atoms with Crippen molar-refractivity contribution in [2.24, 2.45) is 5.92 Å². The van der Waals surface area contributed by atoms with E-state index in [0.717, 1.165) is 18.5 Å². The first kappa shape index (κ1) is 15.6. The highest BCUT2D eigenvalue weighted by Crippen LogP contribution is 2.36. The van der Waals surface area contributed by atoms with Crippen molar-refractivity contribution in [3.8, 4) is 0 Å². The summed E-state index contributed by atoms with van der Waals surface area (Å²) in [5.74, 6) is 1.25. The maximum Gasteiger partial charge on any atom is 0.175 e. The predicted octanol–water partition coefficient (Wildman–Crippen LogP) is 3.69. The van der Waals surface area contributed by atoms with Crippen LogP contribution in [0, 0.1) is 5.92 Å². The molecule has 0 aromatic heterocycles. The number of benzene rings is 1. The van der Waals surface area contributed by atoms with Gasteiger partial charge in [0.25, 0.3) is 0 Å². The van der Waals surface area contributed by atoms with Crippen LogP contribution in [0.4, 0.5) is 5.69 Å². The van der Waals surface area contributed by atoms with Crippen molar-refractivity contribution in [1.82, 2.24) is 0 Å². The minimum atomic E-state index is -3.14. The normalized spacial score (nSPS) is 27.2. The Hall–Kier alpha value is -0.740. The smallest absolute Gasteiger partial charge is 0.175 e. The Morgan fingerprint density at radius 1 is 1.35 bits per heavy atom. The Kier molecular flexibility index (Phi) is 4.65. The van der Waals surface area contributed by atoms with Gasteiger partial charge in [-0.2, -0.15) is 0 Å². The van der Waals surface area contributed by atoms with E-state index in [9.17, 15) is 8.42 Å². The minimum Gasteiger partial charge on any atom is -0.378 e. The fraction of sp³-hybridized carbons (Fsp3) is 0.600. The molecule has 3 nitrogen and oxygen atoms in total. The third-order valence-electron chi connectivity index (χ3n) is 4.04. The molecule has 5 heteroatoms. The Balaban J connectivity index is 2.16. The lowest BCUT2D eigenvalue weighted by Gasteiger charge is -2.40. The Bertz CT molecular complexity index is 556. The van der Waals surface area contributed by atoms with E-state index in [2.05, 4.69) is 12.2 Å². The maximum absolute atomic E-state index is 11.5. The molecule has 0 bridgehead atoms. The van der Waals surface area contributed by atoms with Crippen LogP contribution in [0.5, 0.6) is 0 Å². The number of rotatable bonds is 4. The monoisotopic (exact) mass is 315 g/mol. The second-order valence-corrected chi connectivity index (χ2v) is 8.32. The molecule has 2 atom stereocenters. The zero-order valence-corrected chi connectivity index (χ0v) is 13.6. The summed E-state index contributed by atoms with van der Waals surface area (Å²) < 4.78 is 22.9. The SMILES string of the molecule is CC1CCCC(CCl)(Nc2ccc(S(C)(=O)=O)cc2)C1. The second kappa shape index (κ2) is 5.94. The molecule has 1 N–H and O–H groups in total. The molecule has 1 fully saturated rings. The Morgan fingerprint density at radius 3 is 2.50 bits per heavy atom. The lowest BCUT2D eigenvalue weighted by Crippen LogP contribution is -2.44. The van der Waals surface area contributed by atoms with Crippen molar-refractivity contribution in [3.05, 3.63) is 24.3 Å². The van der Waals surface area contributed by atoms with Crippen molar-refractivity contribution in [2.75, 3.05) is 17.5 Å². The molecule has 2 unspecified atom stereocenters. The molecular formula is C15H22ClNO2S. The number of sulfone groups is 1. The van der Waals surface area contributed by atoms with Gasteiger partial charge in [-0.15, -0.1) is 11.6 Å². The zero-order valence-electron chi connectivity index (χ0n) is 12.0. The standard InChI is InChI=1S/C15H22ClNO2S/c1-12-4-3-9-15(10-12,11-16)17-13-5-7-14(8-6-13)20(2,18)19/h5-8,12,17H,3-4,9-11H2,1-2H3. The second-order valence-electron chi connectivity index (χ2n) is 6.04. The van der Waals surface area contributed by atoms with Gasteiger partial charge in [-0.3, -0.25) is 0 Å². The summed E-state index contributed by atoms with van der Waals surface area (Å²) >= 11 is 6.20. The van der Waals surface area contributed by atoms with Crippen LogP contribution in [-0.4, -0.2) is 26.1 Å². The summed E-state index contributed by atoms with van der Waals surface area (Å²) in [6.45, 7) is 2.26. The molecule has 1 saturated carbocycles. The molecule has 20 heavy (non-hydrogen) atoms. The van der Waals surface area contributed by atoms with Crippen molar-refractivity contribution >= 4 is 27.1 Å². The van der Waals surface area contributed by atoms with Gasteiger partial charge < -0.3 is 5.32 Å². The number of hydrogen-bond donors (Lipinski definition) is 1. The van der Waals surface area contributed by atoms with Gasteiger partial charge in [0.1, 0.15) is 0 Å². The third-order valence-corrected chi connectivity index (χ3v) is 5.68. The minimum absolute atomic E-state index is 0.0637. The first-order valence-electron chi connectivity index (χ1n) is 6.99. The predicted molar refractivity (Wildman–Crippen MR) is 84.3 cm³/mol.